The minimum Gasteiger partial charge on any atom is -0.409 e. The molecule has 5 heteroatoms. The maximum Gasteiger partial charge on any atom is 0.284 e. The quantitative estimate of drug-likeness (QED) is 0.711. The number of nitrogens with one attached hydrogen (secondary N) is 1. The van der Waals surface area contributed by atoms with E-state index in [0.717, 1.165) is 11.1 Å². The molecule has 3 rings (SSSR count). The summed E-state index contributed by atoms with van der Waals surface area (Å²) in [6.45, 7) is 0. The third-order valence-corrected chi connectivity index (χ3v) is 2.91. The summed E-state index contributed by atoms with van der Waals surface area (Å²) in [5, 5.41) is 6.52. The molecule has 0 aliphatic carbocycles. The van der Waals surface area contributed by atoms with Gasteiger partial charge in [-0.2, -0.15) is 0 Å². The van der Waals surface area contributed by atoms with Crippen LogP contribution in [0.1, 0.15) is 0 Å². The number of rotatable bonds is 2. The molecule has 0 saturated heterocycles. The molecule has 19 heavy (non-hydrogen) atoms. The van der Waals surface area contributed by atoms with E-state index in [4.69, 9.17) is 16.6 Å². The highest BCUT2D eigenvalue weighted by molar-refractivity contribution is 7.71. The van der Waals surface area contributed by atoms with Gasteiger partial charge in [0, 0.05) is 11.1 Å². The van der Waals surface area contributed by atoms with E-state index in [0.29, 0.717) is 11.5 Å². The highest BCUT2D eigenvalue weighted by atomic mass is 32.1. The third-order valence-electron chi connectivity index (χ3n) is 2.73. The highest BCUT2D eigenvalue weighted by Crippen LogP contribution is 2.26. The van der Waals surface area contributed by atoms with Crippen LogP contribution >= 0.6 is 12.2 Å². The molecule has 0 fully saturated rings. The number of aromatic nitrogens is 2. The van der Waals surface area contributed by atoms with Crippen molar-refractivity contribution in [2.24, 2.45) is 0 Å². The fourth-order valence-electron chi connectivity index (χ4n) is 1.87. The minimum atomic E-state index is -0.262. The lowest BCUT2D eigenvalue weighted by molar-refractivity contribution is 0.552. The number of benzene rings is 2. The van der Waals surface area contributed by atoms with Gasteiger partial charge < -0.3 is 4.42 Å². The molecule has 0 spiro atoms. The SMILES string of the molecule is Fc1ccccc1-c1cccc(-c2n[nH]c(=S)o2)c1. The van der Waals surface area contributed by atoms with Crippen LogP contribution in [0.3, 0.4) is 0 Å². The van der Waals surface area contributed by atoms with Gasteiger partial charge in [-0.3, -0.25) is 0 Å². The fraction of sp³-hybridized carbons (Fsp3) is 0. The minimum absolute atomic E-state index is 0.214. The van der Waals surface area contributed by atoms with Crippen molar-refractivity contribution >= 4 is 12.2 Å². The van der Waals surface area contributed by atoms with Crippen molar-refractivity contribution in [3.05, 3.63) is 59.2 Å². The predicted molar refractivity (Wildman–Crippen MR) is 72.5 cm³/mol. The Bertz CT molecular complexity index is 779. The van der Waals surface area contributed by atoms with Gasteiger partial charge in [0.15, 0.2) is 0 Å². The zero-order valence-electron chi connectivity index (χ0n) is 9.76. The van der Waals surface area contributed by atoms with E-state index >= 15 is 0 Å². The lowest BCUT2D eigenvalue weighted by Gasteiger charge is -2.04. The summed E-state index contributed by atoms with van der Waals surface area (Å²) < 4.78 is 19.0. The normalized spacial score (nSPS) is 10.6. The van der Waals surface area contributed by atoms with Crippen LogP contribution in [0.2, 0.25) is 0 Å². The summed E-state index contributed by atoms with van der Waals surface area (Å²) in [6, 6.07) is 13.9. The molecule has 0 amide bonds. The van der Waals surface area contributed by atoms with Gasteiger partial charge >= 0.3 is 0 Å². The molecule has 0 radical (unpaired) electrons. The van der Waals surface area contributed by atoms with Crippen LogP contribution < -0.4 is 0 Å². The molecule has 3 nitrogen and oxygen atoms in total. The molecule has 1 N–H and O–H groups in total. The molecule has 1 heterocycles. The Balaban J connectivity index is 2.10. The third kappa shape index (κ3) is 2.32. The maximum atomic E-state index is 13.8. The van der Waals surface area contributed by atoms with E-state index in [1.54, 1.807) is 18.2 Å². The van der Waals surface area contributed by atoms with E-state index in [1.807, 2.05) is 24.3 Å². The standard InChI is InChI=1S/C14H9FN2OS/c15-12-7-2-1-6-11(12)9-4-3-5-10(8-9)13-16-17-14(19)18-13/h1-8H,(H,17,19). The molecule has 2 aromatic carbocycles. The first-order valence-electron chi connectivity index (χ1n) is 5.65. The Kier molecular flexibility index (Phi) is 2.97. The Morgan fingerprint density at radius 3 is 2.58 bits per heavy atom. The summed E-state index contributed by atoms with van der Waals surface area (Å²) in [5.74, 6) is 0.130. The lowest BCUT2D eigenvalue weighted by atomic mass is 10.0. The molecule has 94 valence electrons. The van der Waals surface area contributed by atoms with Gasteiger partial charge in [-0.1, -0.05) is 30.3 Å². The molecular formula is C14H9FN2OS. The van der Waals surface area contributed by atoms with Gasteiger partial charge in [0.25, 0.3) is 4.84 Å². The molecule has 0 aliphatic rings. The highest BCUT2D eigenvalue weighted by Gasteiger charge is 2.08. The second kappa shape index (κ2) is 4.78. The van der Waals surface area contributed by atoms with Gasteiger partial charge in [0.2, 0.25) is 5.89 Å². The fourth-order valence-corrected chi connectivity index (χ4v) is 1.99. The van der Waals surface area contributed by atoms with E-state index in [9.17, 15) is 4.39 Å². The van der Waals surface area contributed by atoms with Crippen molar-refractivity contribution < 1.29 is 8.81 Å². The molecule has 1 aromatic heterocycles. The zero-order valence-corrected chi connectivity index (χ0v) is 10.6. The molecular weight excluding hydrogens is 263 g/mol. The largest absolute Gasteiger partial charge is 0.409 e. The monoisotopic (exact) mass is 272 g/mol. The number of nitrogens with zero attached hydrogens (tertiary/aromatic N) is 1. The average Bonchev–Trinajstić information content (AvgIpc) is 2.86. The first-order chi connectivity index (χ1) is 9.24. The van der Waals surface area contributed by atoms with Gasteiger partial charge in [-0.25, -0.2) is 9.49 Å². The molecule has 0 bridgehead atoms. The van der Waals surface area contributed by atoms with Gasteiger partial charge in [-0.05, 0) is 36.0 Å². The summed E-state index contributed by atoms with van der Waals surface area (Å²) in [4.78, 5) is 0.214. The summed E-state index contributed by atoms with van der Waals surface area (Å²) in [7, 11) is 0. The van der Waals surface area contributed by atoms with E-state index in [2.05, 4.69) is 10.2 Å². The van der Waals surface area contributed by atoms with E-state index in [-0.39, 0.29) is 10.7 Å². The van der Waals surface area contributed by atoms with Crippen LogP contribution in [0.4, 0.5) is 4.39 Å². The first-order valence-corrected chi connectivity index (χ1v) is 6.06. The Labute approximate surface area is 113 Å². The lowest BCUT2D eigenvalue weighted by Crippen LogP contribution is -1.85. The van der Waals surface area contributed by atoms with Crippen molar-refractivity contribution in [3.8, 4) is 22.6 Å². The van der Waals surface area contributed by atoms with Crippen molar-refractivity contribution in [1.29, 1.82) is 0 Å². The number of hydrogen-bond donors (Lipinski definition) is 1. The van der Waals surface area contributed by atoms with Crippen LogP contribution in [0.25, 0.3) is 22.6 Å². The molecule has 0 unspecified atom stereocenters. The summed E-state index contributed by atoms with van der Waals surface area (Å²) in [5.41, 5.74) is 2.05. The van der Waals surface area contributed by atoms with Crippen molar-refractivity contribution in [3.63, 3.8) is 0 Å². The predicted octanol–water partition coefficient (Wildman–Crippen LogP) is 4.21. The van der Waals surface area contributed by atoms with Crippen LogP contribution in [0.5, 0.6) is 0 Å². The van der Waals surface area contributed by atoms with E-state index in [1.165, 1.54) is 6.07 Å². The summed E-state index contributed by atoms with van der Waals surface area (Å²) in [6.07, 6.45) is 0. The number of halogens is 1. The Morgan fingerprint density at radius 1 is 1.05 bits per heavy atom. The number of H-pyrrole nitrogens is 1. The van der Waals surface area contributed by atoms with Crippen LogP contribution in [-0.2, 0) is 0 Å². The Hall–Kier alpha value is -2.27. The van der Waals surface area contributed by atoms with Crippen LogP contribution in [0, 0.1) is 10.7 Å². The number of hydrogen-bond acceptors (Lipinski definition) is 3. The number of aromatic amines is 1. The van der Waals surface area contributed by atoms with Gasteiger partial charge in [-0.15, -0.1) is 5.10 Å². The van der Waals surface area contributed by atoms with Gasteiger partial charge in [0.1, 0.15) is 5.82 Å². The summed E-state index contributed by atoms with van der Waals surface area (Å²) >= 11 is 4.84. The molecule has 0 atom stereocenters. The van der Waals surface area contributed by atoms with Crippen LogP contribution in [-0.4, -0.2) is 10.2 Å². The average molecular weight is 272 g/mol. The molecule has 0 aliphatic heterocycles. The zero-order chi connectivity index (χ0) is 13.2. The smallest absolute Gasteiger partial charge is 0.284 e. The molecule has 3 aromatic rings. The topological polar surface area (TPSA) is 41.8 Å². The first kappa shape index (κ1) is 11.8. The van der Waals surface area contributed by atoms with Gasteiger partial charge in [0.05, 0.1) is 0 Å². The second-order valence-corrected chi connectivity index (χ2v) is 4.35. The Morgan fingerprint density at radius 2 is 1.84 bits per heavy atom. The van der Waals surface area contributed by atoms with E-state index < -0.39 is 0 Å². The van der Waals surface area contributed by atoms with Crippen molar-refractivity contribution in [1.82, 2.24) is 10.2 Å². The van der Waals surface area contributed by atoms with Crippen LogP contribution in [0.15, 0.2) is 52.9 Å². The molecule has 0 saturated carbocycles. The maximum absolute atomic E-state index is 13.8. The van der Waals surface area contributed by atoms with Crippen molar-refractivity contribution in [2.75, 3.05) is 0 Å². The second-order valence-electron chi connectivity index (χ2n) is 3.98. The van der Waals surface area contributed by atoms with Crippen molar-refractivity contribution in [2.45, 2.75) is 0 Å².